The topological polar surface area (TPSA) is 52.6 Å². The minimum Gasteiger partial charge on any atom is -0.465 e. The lowest BCUT2D eigenvalue weighted by atomic mass is 9.76. The number of halogens is 5. The molecule has 0 spiro atoms. The molecule has 148 valence electrons. The van der Waals surface area contributed by atoms with Gasteiger partial charge < -0.3 is 9.47 Å². The molecule has 0 N–H and O–H groups in total. The summed E-state index contributed by atoms with van der Waals surface area (Å²) in [5.74, 6) is -7.17. The summed E-state index contributed by atoms with van der Waals surface area (Å²) in [4.78, 5) is 23.3. The molecule has 0 radical (unpaired) electrons. The van der Waals surface area contributed by atoms with Crippen molar-refractivity contribution < 1.29 is 41.0 Å². The standard InChI is InChI=1S/C16H25F5O4/c1-10(2)8-11(14(3,4)5)13(23)24-7-6-12(22)25-9-15(17,18)16(19,20)21/h10-11H,6-9H2,1-5H3. The molecule has 0 amide bonds. The minimum atomic E-state index is -5.80. The van der Waals surface area contributed by atoms with Crippen LogP contribution in [0.3, 0.4) is 0 Å². The molecule has 0 saturated carbocycles. The number of carbonyl (C=O) groups is 2. The first-order valence-corrected chi connectivity index (χ1v) is 7.84. The SMILES string of the molecule is CC(C)CC(C(=O)OCCC(=O)OCC(F)(F)C(F)(F)F)C(C)(C)C. The number of hydrogen-bond acceptors (Lipinski definition) is 4. The van der Waals surface area contributed by atoms with Crippen molar-refractivity contribution in [2.24, 2.45) is 17.3 Å². The van der Waals surface area contributed by atoms with Crippen molar-refractivity contribution >= 4 is 11.9 Å². The fourth-order valence-electron chi connectivity index (χ4n) is 1.94. The quantitative estimate of drug-likeness (QED) is 0.466. The molecule has 0 fully saturated rings. The highest BCUT2D eigenvalue weighted by molar-refractivity contribution is 5.74. The molecule has 25 heavy (non-hydrogen) atoms. The molecule has 0 rings (SSSR count). The highest BCUT2D eigenvalue weighted by Crippen LogP contribution is 2.35. The minimum absolute atomic E-state index is 0.228. The van der Waals surface area contributed by atoms with Gasteiger partial charge in [0.15, 0.2) is 6.61 Å². The summed E-state index contributed by atoms with van der Waals surface area (Å²) in [5, 5.41) is 0. The van der Waals surface area contributed by atoms with Crippen molar-refractivity contribution in [2.45, 2.75) is 59.6 Å². The number of hydrogen-bond donors (Lipinski definition) is 0. The van der Waals surface area contributed by atoms with Crippen molar-refractivity contribution in [3.05, 3.63) is 0 Å². The van der Waals surface area contributed by atoms with Gasteiger partial charge >= 0.3 is 24.0 Å². The molecular weight excluding hydrogens is 351 g/mol. The Bertz CT molecular complexity index is 452. The van der Waals surface area contributed by atoms with Gasteiger partial charge in [-0.05, 0) is 17.8 Å². The van der Waals surface area contributed by atoms with Crippen molar-refractivity contribution in [3.63, 3.8) is 0 Å². The lowest BCUT2D eigenvalue weighted by molar-refractivity contribution is -0.294. The van der Waals surface area contributed by atoms with Gasteiger partial charge in [-0.3, -0.25) is 9.59 Å². The molecule has 9 heteroatoms. The van der Waals surface area contributed by atoms with E-state index in [4.69, 9.17) is 4.74 Å². The third-order valence-electron chi connectivity index (χ3n) is 3.42. The Morgan fingerprint density at radius 3 is 1.88 bits per heavy atom. The van der Waals surface area contributed by atoms with E-state index in [-0.39, 0.29) is 11.3 Å². The predicted octanol–water partition coefficient (Wildman–Crippen LogP) is 4.37. The van der Waals surface area contributed by atoms with E-state index in [1.165, 1.54) is 0 Å². The van der Waals surface area contributed by atoms with Gasteiger partial charge in [-0.25, -0.2) is 0 Å². The average Bonchev–Trinajstić information content (AvgIpc) is 2.39. The summed E-state index contributed by atoms with van der Waals surface area (Å²) >= 11 is 0. The zero-order valence-corrected chi connectivity index (χ0v) is 15.0. The average molecular weight is 376 g/mol. The lowest BCUT2D eigenvalue weighted by Gasteiger charge is -2.30. The Hall–Kier alpha value is -1.41. The van der Waals surface area contributed by atoms with E-state index in [1.807, 2.05) is 34.6 Å². The van der Waals surface area contributed by atoms with Gasteiger partial charge in [0.25, 0.3) is 0 Å². The Balaban J connectivity index is 4.41. The van der Waals surface area contributed by atoms with Crippen LogP contribution in [-0.2, 0) is 19.1 Å². The molecule has 1 atom stereocenters. The first-order chi connectivity index (χ1) is 11.1. The summed E-state index contributed by atoms with van der Waals surface area (Å²) in [6.07, 6.45) is -5.83. The molecule has 0 aliphatic rings. The van der Waals surface area contributed by atoms with E-state index in [0.717, 1.165) is 0 Å². The van der Waals surface area contributed by atoms with Gasteiger partial charge in [0.2, 0.25) is 0 Å². The van der Waals surface area contributed by atoms with Gasteiger partial charge in [0.1, 0.15) is 6.61 Å². The third kappa shape index (κ3) is 8.49. The molecule has 4 nitrogen and oxygen atoms in total. The molecule has 0 aromatic rings. The van der Waals surface area contributed by atoms with Crippen molar-refractivity contribution in [1.82, 2.24) is 0 Å². The van der Waals surface area contributed by atoms with E-state index in [1.54, 1.807) is 0 Å². The zero-order chi connectivity index (χ0) is 20.1. The summed E-state index contributed by atoms with van der Waals surface area (Å²) in [7, 11) is 0. The first-order valence-electron chi connectivity index (χ1n) is 7.84. The summed E-state index contributed by atoms with van der Waals surface area (Å²) in [6.45, 7) is 6.90. The second-order valence-corrected chi connectivity index (χ2v) is 7.33. The maximum Gasteiger partial charge on any atom is 0.456 e. The number of ether oxygens (including phenoxy) is 2. The largest absolute Gasteiger partial charge is 0.465 e. The highest BCUT2D eigenvalue weighted by Gasteiger charge is 2.58. The van der Waals surface area contributed by atoms with Gasteiger partial charge in [0, 0.05) is 0 Å². The van der Waals surface area contributed by atoms with Crippen LogP contribution in [0.5, 0.6) is 0 Å². The van der Waals surface area contributed by atoms with Crippen LogP contribution in [0, 0.1) is 17.3 Å². The Labute approximate surface area is 144 Å². The number of alkyl halides is 5. The molecule has 0 aliphatic heterocycles. The van der Waals surface area contributed by atoms with Crippen LogP contribution in [-0.4, -0.2) is 37.3 Å². The second kappa shape index (κ2) is 8.80. The summed E-state index contributed by atoms with van der Waals surface area (Å²) in [5.41, 5.74) is -0.378. The van der Waals surface area contributed by atoms with Crippen LogP contribution >= 0.6 is 0 Å². The van der Waals surface area contributed by atoms with E-state index in [9.17, 15) is 31.5 Å². The molecule has 0 heterocycles. The van der Waals surface area contributed by atoms with Gasteiger partial charge in [-0.2, -0.15) is 22.0 Å². The van der Waals surface area contributed by atoms with E-state index < -0.39 is 49.6 Å². The van der Waals surface area contributed by atoms with Gasteiger partial charge in [-0.1, -0.05) is 34.6 Å². The van der Waals surface area contributed by atoms with Crippen LogP contribution < -0.4 is 0 Å². The van der Waals surface area contributed by atoms with Crippen LogP contribution in [0.4, 0.5) is 22.0 Å². The maximum absolute atomic E-state index is 12.6. The third-order valence-corrected chi connectivity index (χ3v) is 3.42. The molecule has 0 saturated heterocycles. The molecule has 0 aliphatic carbocycles. The fourth-order valence-corrected chi connectivity index (χ4v) is 1.94. The second-order valence-electron chi connectivity index (χ2n) is 7.33. The molecule has 1 unspecified atom stereocenters. The van der Waals surface area contributed by atoms with Crippen LogP contribution in [0.2, 0.25) is 0 Å². The zero-order valence-electron chi connectivity index (χ0n) is 15.0. The molecule has 0 bridgehead atoms. The van der Waals surface area contributed by atoms with Crippen molar-refractivity contribution in [1.29, 1.82) is 0 Å². The maximum atomic E-state index is 12.6. The van der Waals surface area contributed by atoms with E-state index in [2.05, 4.69) is 4.74 Å². The smallest absolute Gasteiger partial charge is 0.456 e. The number of esters is 2. The Morgan fingerprint density at radius 2 is 1.48 bits per heavy atom. The van der Waals surface area contributed by atoms with Crippen LogP contribution in [0.1, 0.15) is 47.5 Å². The van der Waals surface area contributed by atoms with Crippen LogP contribution in [0.15, 0.2) is 0 Å². The molecule has 0 aromatic heterocycles. The van der Waals surface area contributed by atoms with Crippen molar-refractivity contribution in [3.8, 4) is 0 Å². The number of carbonyl (C=O) groups excluding carboxylic acids is 2. The molecule has 0 aromatic carbocycles. The molecular formula is C16H25F5O4. The number of rotatable bonds is 8. The van der Waals surface area contributed by atoms with E-state index >= 15 is 0 Å². The first kappa shape index (κ1) is 23.6. The van der Waals surface area contributed by atoms with E-state index in [0.29, 0.717) is 6.42 Å². The monoisotopic (exact) mass is 376 g/mol. The normalized spacial score (nSPS) is 14.4. The van der Waals surface area contributed by atoms with Gasteiger partial charge in [0.05, 0.1) is 12.3 Å². The Kier molecular flexibility index (Phi) is 8.30. The van der Waals surface area contributed by atoms with Gasteiger partial charge in [-0.15, -0.1) is 0 Å². The Morgan fingerprint density at radius 1 is 0.960 bits per heavy atom. The van der Waals surface area contributed by atoms with Crippen molar-refractivity contribution in [2.75, 3.05) is 13.2 Å². The predicted molar refractivity (Wildman–Crippen MR) is 79.9 cm³/mol. The fraction of sp³-hybridized carbons (Fsp3) is 0.875. The highest BCUT2D eigenvalue weighted by atomic mass is 19.4. The summed E-state index contributed by atoms with van der Waals surface area (Å²) < 4.78 is 69.9. The lowest BCUT2D eigenvalue weighted by Crippen LogP contribution is -2.41. The van der Waals surface area contributed by atoms with Crippen LogP contribution in [0.25, 0.3) is 0 Å². The summed E-state index contributed by atoms with van der Waals surface area (Å²) in [6, 6.07) is 0.